The molecule has 2 fully saturated rings. The molecule has 3 N–H and O–H groups in total. The zero-order valence-corrected chi connectivity index (χ0v) is 15.1. The average molecular weight is 376 g/mol. The Kier molecular flexibility index (Phi) is 5.05. The summed E-state index contributed by atoms with van der Waals surface area (Å²) in [5.74, 6) is -0.181. The number of hydrogen-bond acceptors (Lipinski definition) is 4. The number of halogens is 1. The summed E-state index contributed by atoms with van der Waals surface area (Å²) in [4.78, 5) is 38.4. The molecule has 4 unspecified atom stereocenters. The van der Waals surface area contributed by atoms with E-state index in [4.69, 9.17) is 5.73 Å². The fraction of sp³-hybridized carbons (Fsp3) is 0.421. The van der Waals surface area contributed by atoms with Gasteiger partial charge < -0.3 is 11.1 Å². The van der Waals surface area contributed by atoms with Crippen molar-refractivity contribution < 1.29 is 14.4 Å². The minimum Gasteiger partial charge on any atom is -0.399 e. The number of anilines is 1. The molecule has 26 heavy (non-hydrogen) atoms. The summed E-state index contributed by atoms with van der Waals surface area (Å²) < 4.78 is 0. The van der Waals surface area contributed by atoms with Crippen LogP contribution in [0.3, 0.4) is 0 Å². The first-order chi connectivity index (χ1) is 12.0. The summed E-state index contributed by atoms with van der Waals surface area (Å²) in [6, 6.07) is 7.13. The lowest BCUT2D eigenvalue weighted by atomic mass is 9.85. The highest BCUT2D eigenvalue weighted by Crippen LogP contribution is 2.52. The number of carbonyl (C=O) groups is 3. The Labute approximate surface area is 158 Å². The van der Waals surface area contributed by atoms with Crippen LogP contribution in [-0.2, 0) is 20.8 Å². The molecule has 138 valence electrons. The highest BCUT2D eigenvalue weighted by molar-refractivity contribution is 6.06. The van der Waals surface area contributed by atoms with Crippen LogP contribution in [0.25, 0.3) is 0 Å². The van der Waals surface area contributed by atoms with Gasteiger partial charge in [-0.15, -0.1) is 12.4 Å². The fourth-order valence-electron chi connectivity index (χ4n) is 4.37. The highest BCUT2D eigenvalue weighted by Gasteiger charge is 2.58. The zero-order chi connectivity index (χ0) is 17.6. The van der Waals surface area contributed by atoms with E-state index in [0.717, 1.165) is 12.0 Å². The molecule has 7 heteroatoms. The number of amides is 3. The van der Waals surface area contributed by atoms with Crippen LogP contribution in [0.4, 0.5) is 5.69 Å². The van der Waals surface area contributed by atoms with E-state index in [1.165, 1.54) is 4.90 Å². The third-order valence-corrected chi connectivity index (χ3v) is 5.56. The standard InChI is InChI=1S/C19H21N3O3.ClH/c20-14-5-1-11(2-6-14)9-15(23)21-7-8-22-18(24)16-12-3-4-13(10-12)17(16)19(22)25;/h1-6,12-13,16-17H,7-10,20H2,(H,21,23);1H. The van der Waals surface area contributed by atoms with Crippen molar-refractivity contribution in [3.8, 4) is 0 Å². The lowest BCUT2D eigenvalue weighted by Crippen LogP contribution is -2.40. The summed E-state index contributed by atoms with van der Waals surface area (Å²) in [6.45, 7) is 0.533. The largest absolute Gasteiger partial charge is 0.399 e. The Hall–Kier alpha value is -2.34. The number of imide groups is 1. The maximum atomic E-state index is 12.5. The quantitative estimate of drug-likeness (QED) is 0.459. The maximum absolute atomic E-state index is 12.5. The van der Waals surface area contributed by atoms with Gasteiger partial charge >= 0.3 is 0 Å². The van der Waals surface area contributed by atoms with Crippen molar-refractivity contribution in [3.63, 3.8) is 0 Å². The number of likely N-dealkylation sites (tertiary alicyclic amines) is 1. The Morgan fingerprint density at radius 3 is 2.23 bits per heavy atom. The molecule has 0 radical (unpaired) electrons. The summed E-state index contributed by atoms with van der Waals surface area (Å²) in [6.07, 6.45) is 5.34. The molecule has 1 aromatic rings. The van der Waals surface area contributed by atoms with Crippen molar-refractivity contribution >= 4 is 35.8 Å². The molecule has 0 spiro atoms. The van der Waals surface area contributed by atoms with Crippen LogP contribution in [0.15, 0.2) is 36.4 Å². The molecule has 1 heterocycles. The number of nitrogens with zero attached hydrogens (tertiary/aromatic N) is 1. The first kappa shape index (κ1) is 18.5. The molecule has 4 rings (SSSR count). The highest BCUT2D eigenvalue weighted by atomic mass is 35.5. The second-order valence-corrected chi connectivity index (χ2v) is 7.10. The molecule has 3 aliphatic rings. The third kappa shape index (κ3) is 3.09. The van der Waals surface area contributed by atoms with Gasteiger partial charge in [0.1, 0.15) is 0 Å². The third-order valence-electron chi connectivity index (χ3n) is 5.56. The maximum Gasteiger partial charge on any atom is 0.233 e. The minimum absolute atomic E-state index is 0. The summed E-state index contributed by atoms with van der Waals surface area (Å²) in [7, 11) is 0. The van der Waals surface area contributed by atoms with Crippen molar-refractivity contribution in [2.75, 3.05) is 18.8 Å². The van der Waals surface area contributed by atoms with Gasteiger partial charge in [-0.25, -0.2) is 0 Å². The lowest BCUT2D eigenvalue weighted by molar-refractivity contribution is -0.141. The van der Waals surface area contributed by atoms with Gasteiger partial charge in [0.25, 0.3) is 0 Å². The first-order valence-corrected chi connectivity index (χ1v) is 8.69. The molecule has 4 atom stereocenters. The van der Waals surface area contributed by atoms with Crippen molar-refractivity contribution in [1.29, 1.82) is 0 Å². The molecule has 2 aliphatic carbocycles. The number of hydrogen-bond donors (Lipinski definition) is 2. The van der Waals surface area contributed by atoms with Gasteiger partial charge in [-0.3, -0.25) is 19.3 Å². The van der Waals surface area contributed by atoms with E-state index >= 15 is 0 Å². The van der Waals surface area contributed by atoms with E-state index in [1.54, 1.807) is 12.1 Å². The van der Waals surface area contributed by atoms with Crippen LogP contribution in [0.2, 0.25) is 0 Å². The molecule has 0 aromatic heterocycles. The SMILES string of the molecule is Cl.Nc1ccc(CC(=O)NCCN2C(=O)C3C4C=CC(C4)C3C2=O)cc1. The molecule has 3 amide bonds. The Bertz CT molecular complexity index is 732. The number of nitrogens with one attached hydrogen (secondary N) is 1. The first-order valence-electron chi connectivity index (χ1n) is 8.69. The number of rotatable bonds is 5. The van der Waals surface area contributed by atoms with Crippen molar-refractivity contribution in [2.45, 2.75) is 12.8 Å². The topological polar surface area (TPSA) is 92.5 Å². The van der Waals surface area contributed by atoms with Crippen LogP contribution in [0.5, 0.6) is 0 Å². The minimum atomic E-state index is -0.173. The summed E-state index contributed by atoms with van der Waals surface area (Å²) >= 11 is 0. The van der Waals surface area contributed by atoms with Gasteiger partial charge in [0.2, 0.25) is 17.7 Å². The molecular weight excluding hydrogens is 354 g/mol. The van der Waals surface area contributed by atoms with Crippen molar-refractivity contribution in [1.82, 2.24) is 10.2 Å². The molecule has 2 bridgehead atoms. The van der Waals surface area contributed by atoms with E-state index in [9.17, 15) is 14.4 Å². The number of fused-ring (bicyclic) bond motifs is 5. The fourth-order valence-corrected chi connectivity index (χ4v) is 4.37. The number of nitrogen functional groups attached to an aromatic ring is 1. The van der Waals surface area contributed by atoms with Gasteiger partial charge in [-0.05, 0) is 36.0 Å². The Morgan fingerprint density at radius 2 is 1.65 bits per heavy atom. The molecule has 1 aliphatic heterocycles. The van der Waals surface area contributed by atoms with Crippen molar-refractivity contribution in [3.05, 3.63) is 42.0 Å². The smallest absolute Gasteiger partial charge is 0.233 e. The van der Waals surface area contributed by atoms with Crippen molar-refractivity contribution in [2.24, 2.45) is 23.7 Å². The van der Waals surface area contributed by atoms with E-state index in [-0.39, 0.29) is 73.3 Å². The predicted molar refractivity (Wildman–Crippen MR) is 99.3 cm³/mol. The second-order valence-electron chi connectivity index (χ2n) is 7.10. The molecular formula is C19H22ClN3O3. The van der Waals surface area contributed by atoms with Gasteiger partial charge in [-0.2, -0.15) is 0 Å². The van der Waals surface area contributed by atoms with E-state index < -0.39 is 0 Å². The lowest BCUT2D eigenvalue weighted by Gasteiger charge is -2.17. The number of benzene rings is 1. The zero-order valence-electron chi connectivity index (χ0n) is 14.3. The van der Waals surface area contributed by atoms with Crippen LogP contribution in [0, 0.1) is 23.7 Å². The monoisotopic (exact) mass is 375 g/mol. The average Bonchev–Trinajstić information content (AvgIpc) is 3.26. The van der Waals surface area contributed by atoms with Crippen LogP contribution in [0.1, 0.15) is 12.0 Å². The number of allylic oxidation sites excluding steroid dienone is 2. The summed E-state index contributed by atoms with van der Waals surface area (Å²) in [5.41, 5.74) is 7.15. The van der Waals surface area contributed by atoms with Crippen LogP contribution >= 0.6 is 12.4 Å². The molecule has 6 nitrogen and oxygen atoms in total. The second kappa shape index (κ2) is 7.11. The predicted octanol–water partition coefficient (Wildman–Crippen LogP) is 1.16. The van der Waals surface area contributed by atoms with E-state index in [2.05, 4.69) is 17.5 Å². The van der Waals surface area contributed by atoms with E-state index in [1.807, 2.05) is 12.1 Å². The summed E-state index contributed by atoms with van der Waals surface area (Å²) in [5, 5.41) is 2.79. The Balaban J connectivity index is 0.00000196. The number of nitrogens with two attached hydrogens (primary N) is 1. The molecule has 1 saturated heterocycles. The van der Waals surface area contributed by atoms with E-state index in [0.29, 0.717) is 5.69 Å². The van der Waals surface area contributed by atoms with Gasteiger partial charge in [0.05, 0.1) is 18.3 Å². The normalized spacial score (nSPS) is 28.2. The van der Waals surface area contributed by atoms with Crippen LogP contribution < -0.4 is 11.1 Å². The number of carbonyl (C=O) groups excluding carboxylic acids is 3. The van der Waals surface area contributed by atoms with Crippen LogP contribution in [-0.4, -0.2) is 35.7 Å². The Morgan fingerprint density at radius 1 is 1.08 bits per heavy atom. The molecule has 1 saturated carbocycles. The van der Waals surface area contributed by atoms with Gasteiger partial charge in [-0.1, -0.05) is 24.3 Å². The molecule has 1 aromatic carbocycles. The van der Waals surface area contributed by atoms with Gasteiger partial charge in [0.15, 0.2) is 0 Å². The van der Waals surface area contributed by atoms with Gasteiger partial charge in [0, 0.05) is 18.8 Å².